The van der Waals surface area contributed by atoms with Crippen molar-refractivity contribution in [3.63, 3.8) is 0 Å². The first-order valence-corrected chi connectivity index (χ1v) is 9.82. The van der Waals surface area contributed by atoms with Gasteiger partial charge in [-0.25, -0.2) is 4.98 Å². The van der Waals surface area contributed by atoms with Gasteiger partial charge in [0.2, 0.25) is 0 Å². The first-order chi connectivity index (χ1) is 12.9. The van der Waals surface area contributed by atoms with E-state index in [9.17, 15) is 9.59 Å². The molecule has 0 saturated carbocycles. The van der Waals surface area contributed by atoms with Crippen LogP contribution in [0.1, 0.15) is 51.5 Å². The molecule has 1 aliphatic heterocycles. The summed E-state index contributed by atoms with van der Waals surface area (Å²) in [6.07, 6.45) is 3.39. The summed E-state index contributed by atoms with van der Waals surface area (Å²) in [6.45, 7) is 6.18. The summed E-state index contributed by atoms with van der Waals surface area (Å²) in [5, 5.41) is 0. The molecule has 1 amide bonds. The lowest BCUT2D eigenvalue weighted by Crippen LogP contribution is -2.30. The molecule has 0 saturated heterocycles. The van der Waals surface area contributed by atoms with Crippen molar-refractivity contribution in [1.29, 1.82) is 0 Å². The van der Waals surface area contributed by atoms with Crippen molar-refractivity contribution in [3.05, 3.63) is 63.0 Å². The lowest BCUT2D eigenvalue weighted by Gasteiger charge is -2.18. The van der Waals surface area contributed by atoms with Crippen LogP contribution in [0.5, 0.6) is 0 Å². The van der Waals surface area contributed by atoms with Gasteiger partial charge in [-0.2, -0.15) is 0 Å². The number of fused-ring (bicyclic) bond motifs is 2. The van der Waals surface area contributed by atoms with Gasteiger partial charge >= 0.3 is 0 Å². The summed E-state index contributed by atoms with van der Waals surface area (Å²) < 4.78 is 2.77. The lowest BCUT2D eigenvalue weighted by atomic mass is 10.1. The third kappa shape index (κ3) is 2.88. The minimum absolute atomic E-state index is 0.0398. The fraction of sp³-hybridized carbons (Fsp3) is 0.286. The van der Waals surface area contributed by atoms with Gasteiger partial charge in [0.1, 0.15) is 5.69 Å². The van der Waals surface area contributed by atoms with Crippen molar-refractivity contribution in [1.82, 2.24) is 9.38 Å². The molecule has 3 heterocycles. The fourth-order valence-electron chi connectivity index (χ4n) is 3.71. The average molecular weight is 426 g/mol. The monoisotopic (exact) mass is 425 g/mol. The van der Waals surface area contributed by atoms with Crippen molar-refractivity contribution < 1.29 is 9.59 Å². The molecule has 0 atom stereocenters. The Kier molecular flexibility index (Phi) is 4.38. The van der Waals surface area contributed by atoms with E-state index in [0.717, 1.165) is 39.0 Å². The van der Waals surface area contributed by atoms with Crippen LogP contribution in [0.25, 0.3) is 5.65 Å². The number of ketones is 1. The second-order valence-corrected chi connectivity index (χ2v) is 7.78. The zero-order chi connectivity index (χ0) is 19.3. The summed E-state index contributed by atoms with van der Waals surface area (Å²) >= 11 is 3.56. The standard InChI is InChI=1S/C21H20BrN3O2/c1-4-17-19(25-11-12(2)9-16(22)20(25)23-17)21(27)24-8-7-15-10-14(13(3)26)5-6-18(15)24/h5-6,9-11H,4,7-8H2,1-3H3. The molecule has 1 aliphatic rings. The van der Waals surface area contributed by atoms with Crippen molar-refractivity contribution in [2.75, 3.05) is 11.4 Å². The molecule has 4 rings (SSSR count). The van der Waals surface area contributed by atoms with Crippen LogP contribution >= 0.6 is 15.9 Å². The molecule has 2 aromatic heterocycles. The van der Waals surface area contributed by atoms with Crippen molar-refractivity contribution in [3.8, 4) is 0 Å². The van der Waals surface area contributed by atoms with Crippen LogP contribution in [0.15, 0.2) is 34.9 Å². The third-order valence-electron chi connectivity index (χ3n) is 5.05. The minimum atomic E-state index is -0.0498. The first-order valence-electron chi connectivity index (χ1n) is 9.03. The number of rotatable bonds is 3. The Hall–Kier alpha value is -2.47. The number of hydrogen-bond acceptors (Lipinski definition) is 3. The number of pyridine rings is 1. The van der Waals surface area contributed by atoms with E-state index in [4.69, 9.17) is 0 Å². The van der Waals surface area contributed by atoms with Gasteiger partial charge in [0, 0.05) is 24.0 Å². The van der Waals surface area contributed by atoms with Gasteiger partial charge in [-0.1, -0.05) is 6.92 Å². The summed E-state index contributed by atoms with van der Waals surface area (Å²) in [6, 6.07) is 7.58. The highest BCUT2D eigenvalue weighted by atomic mass is 79.9. The van der Waals surface area contributed by atoms with Crippen LogP contribution in [-0.2, 0) is 12.8 Å². The molecule has 0 bridgehead atoms. The number of aryl methyl sites for hydroxylation is 2. The van der Waals surface area contributed by atoms with E-state index < -0.39 is 0 Å². The Morgan fingerprint density at radius 2 is 2.04 bits per heavy atom. The minimum Gasteiger partial charge on any atom is -0.306 e. The van der Waals surface area contributed by atoms with Crippen molar-refractivity contribution in [2.45, 2.75) is 33.6 Å². The van der Waals surface area contributed by atoms with Gasteiger partial charge < -0.3 is 4.90 Å². The molecule has 138 valence electrons. The molecule has 6 heteroatoms. The van der Waals surface area contributed by atoms with Crippen molar-refractivity contribution >= 4 is 39.0 Å². The number of nitrogens with zero attached hydrogens (tertiary/aromatic N) is 3. The SMILES string of the molecule is CCc1nc2c(Br)cc(C)cn2c1C(=O)N1CCc2cc(C(C)=O)ccc21. The number of halogens is 1. The Balaban J connectivity index is 1.83. The smallest absolute Gasteiger partial charge is 0.277 e. The number of Topliss-reactive ketones (excluding diaryl/α,β-unsaturated/α-hetero) is 1. The number of anilines is 1. The van der Waals surface area contributed by atoms with Crippen molar-refractivity contribution in [2.24, 2.45) is 0 Å². The predicted octanol–water partition coefficient (Wildman–Crippen LogP) is 4.37. The van der Waals surface area contributed by atoms with Gasteiger partial charge in [0.15, 0.2) is 11.4 Å². The average Bonchev–Trinajstić information content (AvgIpc) is 3.21. The Morgan fingerprint density at radius 3 is 2.74 bits per heavy atom. The Morgan fingerprint density at radius 1 is 1.26 bits per heavy atom. The van der Waals surface area contributed by atoms with E-state index in [1.165, 1.54) is 0 Å². The maximum atomic E-state index is 13.5. The van der Waals surface area contributed by atoms with Crippen LogP contribution in [0.3, 0.4) is 0 Å². The first kappa shape index (κ1) is 17.9. The number of benzene rings is 1. The Labute approximate surface area is 166 Å². The van der Waals surface area contributed by atoms with E-state index in [0.29, 0.717) is 24.2 Å². The molecule has 0 radical (unpaired) electrons. The Bertz CT molecular complexity index is 1100. The molecule has 0 unspecified atom stereocenters. The topological polar surface area (TPSA) is 54.7 Å². The molecule has 1 aromatic carbocycles. The van der Waals surface area contributed by atoms with Gasteiger partial charge in [-0.15, -0.1) is 0 Å². The largest absolute Gasteiger partial charge is 0.306 e. The van der Waals surface area contributed by atoms with E-state index in [1.54, 1.807) is 17.9 Å². The molecule has 27 heavy (non-hydrogen) atoms. The van der Waals surface area contributed by atoms with E-state index in [2.05, 4.69) is 20.9 Å². The molecule has 5 nitrogen and oxygen atoms in total. The third-order valence-corrected chi connectivity index (χ3v) is 5.63. The van der Waals surface area contributed by atoms with Gasteiger partial charge in [0.25, 0.3) is 5.91 Å². The molecule has 0 fully saturated rings. The molecule has 0 N–H and O–H groups in total. The van der Waals surface area contributed by atoms with Crippen LogP contribution in [0, 0.1) is 6.92 Å². The highest BCUT2D eigenvalue weighted by Gasteiger charge is 2.30. The molecular weight excluding hydrogens is 406 g/mol. The maximum Gasteiger partial charge on any atom is 0.277 e. The highest BCUT2D eigenvalue weighted by Crippen LogP contribution is 2.32. The van der Waals surface area contributed by atoms with E-state index >= 15 is 0 Å². The van der Waals surface area contributed by atoms with E-state index in [1.807, 2.05) is 42.6 Å². The predicted molar refractivity (Wildman–Crippen MR) is 109 cm³/mol. The number of amides is 1. The quantitative estimate of drug-likeness (QED) is 0.585. The summed E-state index contributed by atoms with van der Waals surface area (Å²) in [5.41, 5.74) is 5.82. The zero-order valence-electron chi connectivity index (χ0n) is 15.5. The second-order valence-electron chi connectivity index (χ2n) is 6.93. The number of carbonyl (C=O) groups excluding carboxylic acids is 2. The summed E-state index contributed by atoms with van der Waals surface area (Å²) in [5.74, 6) is -0.0101. The second kappa shape index (κ2) is 6.60. The van der Waals surface area contributed by atoms with E-state index in [-0.39, 0.29) is 11.7 Å². The number of imidazole rings is 1. The molecule has 0 aliphatic carbocycles. The fourth-order valence-corrected chi connectivity index (χ4v) is 4.35. The van der Waals surface area contributed by atoms with Crippen LogP contribution in [0.4, 0.5) is 5.69 Å². The van der Waals surface area contributed by atoms with Gasteiger partial charge in [0.05, 0.1) is 10.2 Å². The van der Waals surface area contributed by atoms with Gasteiger partial charge in [-0.05, 0) is 78.0 Å². The summed E-state index contributed by atoms with van der Waals surface area (Å²) in [7, 11) is 0. The maximum absolute atomic E-state index is 13.5. The van der Waals surface area contributed by atoms with Crippen LogP contribution in [-0.4, -0.2) is 27.6 Å². The molecule has 3 aromatic rings. The summed E-state index contributed by atoms with van der Waals surface area (Å²) in [4.78, 5) is 31.6. The highest BCUT2D eigenvalue weighted by molar-refractivity contribution is 9.10. The molecule has 0 spiro atoms. The lowest BCUT2D eigenvalue weighted by molar-refractivity contribution is 0.0981. The number of aromatic nitrogens is 2. The van der Waals surface area contributed by atoms with Crippen LogP contribution in [0.2, 0.25) is 0 Å². The van der Waals surface area contributed by atoms with Crippen LogP contribution < -0.4 is 4.90 Å². The number of carbonyl (C=O) groups is 2. The zero-order valence-corrected chi connectivity index (χ0v) is 17.1. The normalized spacial score (nSPS) is 13.3. The number of hydrogen-bond donors (Lipinski definition) is 0. The van der Waals surface area contributed by atoms with Gasteiger partial charge in [-0.3, -0.25) is 14.0 Å². The molecular formula is C21H20BrN3O2.